The quantitative estimate of drug-likeness (QED) is 0.234. The zero-order chi connectivity index (χ0) is 29.9. The van der Waals surface area contributed by atoms with Crippen LogP contribution >= 0.6 is 22.9 Å². The number of rotatable bonds is 6. The van der Waals surface area contributed by atoms with Gasteiger partial charge in [0.1, 0.15) is 17.0 Å². The van der Waals surface area contributed by atoms with Crippen LogP contribution in [0.5, 0.6) is 0 Å². The summed E-state index contributed by atoms with van der Waals surface area (Å²) >= 11 is 7.56. The highest BCUT2D eigenvalue weighted by Crippen LogP contribution is 2.41. The summed E-state index contributed by atoms with van der Waals surface area (Å²) in [5, 5.41) is 23.9. The summed E-state index contributed by atoms with van der Waals surface area (Å²) in [5.41, 5.74) is 8.66. The molecule has 6 aromatic rings. The monoisotopic (exact) mass is 621 g/mol. The van der Waals surface area contributed by atoms with Crippen molar-refractivity contribution in [3.05, 3.63) is 109 Å². The van der Waals surface area contributed by atoms with Gasteiger partial charge in [-0.3, -0.25) is 4.79 Å². The van der Waals surface area contributed by atoms with Crippen molar-refractivity contribution < 1.29 is 9.90 Å². The molecule has 0 bridgehead atoms. The van der Waals surface area contributed by atoms with E-state index in [2.05, 4.69) is 32.6 Å². The van der Waals surface area contributed by atoms with E-state index in [0.29, 0.717) is 39.8 Å². The topological polar surface area (TPSA) is 132 Å². The standard InChI is InChI=1S/C32H24ClN7O3S/c33-21-6-8-26(39-16-35-37-38-39)23(13-21)20-11-22-7-9-27(40(22)28(41)12-20)31-34-14-25(36-31)24-15-44-30(32(42)43)29(24)19-5-4-17-2-1-3-18(17)10-19/h4-6,8,10-16,27H,1-3,7,9H2,(H,34,36)(H,42,43)/t27-/m0/s1. The van der Waals surface area contributed by atoms with E-state index in [1.165, 1.54) is 28.8 Å². The minimum Gasteiger partial charge on any atom is -0.477 e. The number of hydrogen-bond donors (Lipinski definition) is 2. The van der Waals surface area contributed by atoms with Crippen molar-refractivity contribution in [3.8, 4) is 39.2 Å². The van der Waals surface area contributed by atoms with Gasteiger partial charge in [-0.2, -0.15) is 4.68 Å². The van der Waals surface area contributed by atoms with Gasteiger partial charge in [0.15, 0.2) is 0 Å². The third kappa shape index (κ3) is 4.39. The van der Waals surface area contributed by atoms with Crippen molar-refractivity contribution in [1.29, 1.82) is 0 Å². The lowest BCUT2D eigenvalue weighted by molar-refractivity contribution is 0.0703. The van der Waals surface area contributed by atoms with Crippen molar-refractivity contribution in [2.45, 2.75) is 38.1 Å². The zero-order valence-electron chi connectivity index (χ0n) is 23.2. The first kappa shape index (κ1) is 26.7. The SMILES string of the molecule is O=C(O)c1scc(-c2cnc([C@@H]3CCc4cc(-c5cc(Cl)ccc5-n5cnnn5)cc(=O)n43)[nH]2)c1-c1ccc2c(c1)CCC2. The van der Waals surface area contributed by atoms with Crippen LogP contribution in [0.1, 0.15) is 51.2 Å². The summed E-state index contributed by atoms with van der Waals surface area (Å²) in [6.07, 6.45) is 7.81. The number of tetrazole rings is 1. The fraction of sp³-hybridized carbons (Fsp3) is 0.188. The Hall–Kier alpha value is -4.87. The number of aryl methyl sites for hydroxylation is 3. The van der Waals surface area contributed by atoms with E-state index in [9.17, 15) is 14.7 Å². The Morgan fingerprint density at radius 2 is 1.91 bits per heavy atom. The molecule has 0 unspecified atom stereocenters. The Bertz CT molecular complexity index is 2150. The molecule has 1 aliphatic carbocycles. The molecule has 2 N–H and O–H groups in total. The molecule has 2 aromatic carbocycles. The average molecular weight is 622 g/mol. The number of aromatic carboxylic acids is 1. The predicted octanol–water partition coefficient (Wildman–Crippen LogP) is 5.99. The van der Waals surface area contributed by atoms with E-state index in [-0.39, 0.29) is 11.6 Å². The molecule has 0 spiro atoms. The highest BCUT2D eigenvalue weighted by molar-refractivity contribution is 7.13. The van der Waals surface area contributed by atoms with Crippen LogP contribution in [-0.4, -0.2) is 45.8 Å². The van der Waals surface area contributed by atoms with Gasteiger partial charge in [-0.15, -0.1) is 16.4 Å². The van der Waals surface area contributed by atoms with Crippen LogP contribution in [0.4, 0.5) is 0 Å². The molecule has 0 saturated carbocycles. The molecule has 8 rings (SSSR count). The number of H-pyrrole nitrogens is 1. The zero-order valence-corrected chi connectivity index (χ0v) is 24.8. The molecular weight excluding hydrogens is 598 g/mol. The van der Waals surface area contributed by atoms with E-state index in [1.807, 2.05) is 23.6 Å². The minimum atomic E-state index is -0.952. The van der Waals surface area contributed by atoms with Crippen molar-refractivity contribution in [1.82, 2.24) is 34.7 Å². The molecule has 2 aliphatic rings. The van der Waals surface area contributed by atoms with Crippen LogP contribution in [0.25, 0.3) is 39.2 Å². The number of carboxylic acid groups (broad SMARTS) is 1. The lowest BCUT2D eigenvalue weighted by Gasteiger charge is -2.15. The van der Waals surface area contributed by atoms with Crippen LogP contribution in [0.3, 0.4) is 0 Å². The normalized spacial score (nSPS) is 15.4. The number of carboxylic acids is 1. The summed E-state index contributed by atoms with van der Waals surface area (Å²) in [6.45, 7) is 0. The number of halogens is 1. The second-order valence-electron chi connectivity index (χ2n) is 11.1. The fourth-order valence-corrected chi connectivity index (χ4v) is 7.69. The van der Waals surface area contributed by atoms with Gasteiger partial charge in [-0.25, -0.2) is 9.78 Å². The number of pyridine rings is 1. The number of nitrogens with zero attached hydrogens (tertiary/aromatic N) is 6. The van der Waals surface area contributed by atoms with E-state index < -0.39 is 5.97 Å². The number of aromatic amines is 1. The van der Waals surface area contributed by atoms with Gasteiger partial charge in [-0.05, 0) is 89.1 Å². The first-order valence-electron chi connectivity index (χ1n) is 14.3. The molecular formula is C32H24ClN7O3S. The van der Waals surface area contributed by atoms with E-state index in [0.717, 1.165) is 52.9 Å². The van der Waals surface area contributed by atoms with Crippen LogP contribution in [0.2, 0.25) is 5.02 Å². The number of fused-ring (bicyclic) bond motifs is 2. The van der Waals surface area contributed by atoms with Crippen molar-refractivity contribution in [2.24, 2.45) is 0 Å². The summed E-state index contributed by atoms with van der Waals surface area (Å²) in [5.74, 6) is -0.291. The molecule has 218 valence electrons. The predicted molar refractivity (Wildman–Crippen MR) is 167 cm³/mol. The van der Waals surface area contributed by atoms with E-state index in [1.54, 1.807) is 33.6 Å². The number of nitrogens with one attached hydrogen (secondary N) is 1. The molecule has 5 heterocycles. The average Bonchev–Trinajstić information content (AvgIpc) is 3.85. The molecule has 0 saturated heterocycles. The lowest BCUT2D eigenvalue weighted by atomic mass is 9.97. The maximum atomic E-state index is 13.6. The molecule has 0 fully saturated rings. The number of hydrogen-bond acceptors (Lipinski definition) is 7. The maximum absolute atomic E-state index is 13.6. The van der Waals surface area contributed by atoms with Crippen molar-refractivity contribution in [2.75, 3.05) is 0 Å². The van der Waals surface area contributed by atoms with Crippen molar-refractivity contribution >= 4 is 28.9 Å². The van der Waals surface area contributed by atoms with Gasteiger partial charge >= 0.3 is 5.97 Å². The summed E-state index contributed by atoms with van der Waals surface area (Å²) in [4.78, 5) is 34.3. The second-order valence-corrected chi connectivity index (χ2v) is 12.4. The highest BCUT2D eigenvalue weighted by atomic mass is 35.5. The van der Waals surface area contributed by atoms with Gasteiger partial charge in [0, 0.05) is 38.9 Å². The number of imidazole rings is 1. The molecule has 0 amide bonds. The first-order valence-corrected chi connectivity index (χ1v) is 15.5. The smallest absolute Gasteiger partial charge is 0.346 e. The fourth-order valence-electron chi connectivity index (χ4n) is 6.59. The van der Waals surface area contributed by atoms with E-state index in [4.69, 9.17) is 16.6 Å². The number of benzene rings is 2. The molecule has 1 atom stereocenters. The Kier molecular flexibility index (Phi) is 6.31. The molecule has 0 radical (unpaired) electrons. The summed E-state index contributed by atoms with van der Waals surface area (Å²) < 4.78 is 3.33. The van der Waals surface area contributed by atoms with Crippen LogP contribution in [-0.2, 0) is 19.3 Å². The molecule has 12 heteroatoms. The third-order valence-electron chi connectivity index (χ3n) is 8.57. The Labute approximate surface area is 259 Å². The third-order valence-corrected chi connectivity index (χ3v) is 9.78. The molecule has 10 nitrogen and oxygen atoms in total. The van der Waals surface area contributed by atoms with Gasteiger partial charge in [0.25, 0.3) is 5.56 Å². The Balaban J connectivity index is 1.16. The summed E-state index contributed by atoms with van der Waals surface area (Å²) in [7, 11) is 0. The largest absolute Gasteiger partial charge is 0.477 e. The van der Waals surface area contributed by atoms with E-state index >= 15 is 0 Å². The maximum Gasteiger partial charge on any atom is 0.346 e. The Morgan fingerprint density at radius 1 is 1.02 bits per heavy atom. The molecule has 4 aromatic heterocycles. The van der Waals surface area contributed by atoms with Gasteiger partial charge in [-0.1, -0.05) is 29.8 Å². The molecule has 1 aliphatic heterocycles. The second kappa shape index (κ2) is 10.4. The number of thiophene rings is 1. The van der Waals surface area contributed by atoms with Crippen molar-refractivity contribution in [3.63, 3.8) is 0 Å². The minimum absolute atomic E-state index is 0.150. The van der Waals surface area contributed by atoms with Gasteiger partial charge in [0.2, 0.25) is 0 Å². The summed E-state index contributed by atoms with van der Waals surface area (Å²) in [6, 6.07) is 15.0. The molecule has 44 heavy (non-hydrogen) atoms. The van der Waals surface area contributed by atoms with Crippen LogP contribution in [0, 0.1) is 0 Å². The Morgan fingerprint density at radius 3 is 2.75 bits per heavy atom. The van der Waals surface area contributed by atoms with Crippen LogP contribution < -0.4 is 5.56 Å². The first-order chi connectivity index (χ1) is 21.4. The van der Waals surface area contributed by atoms with Gasteiger partial charge < -0.3 is 14.7 Å². The van der Waals surface area contributed by atoms with Crippen LogP contribution in [0.15, 0.2) is 71.2 Å². The highest BCUT2D eigenvalue weighted by Gasteiger charge is 2.29. The number of aromatic nitrogens is 7. The number of carbonyl (C=O) groups is 1. The van der Waals surface area contributed by atoms with Gasteiger partial charge in [0.05, 0.1) is 23.6 Å². The lowest BCUT2D eigenvalue weighted by Crippen LogP contribution is -2.23.